The van der Waals surface area contributed by atoms with Crippen molar-refractivity contribution in [2.75, 3.05) is 0 Å². The van der Waals surface area contributed by atoms with Gasteiger partial charge in [0.15, 0.2) is 0 Å². The zero-order valence-electron chi connectivity index (χ0n) is 17.3. The van der Waals surface area contributed by atoms with Crippen LogP contribution in [0.2, 0.25) is 0 Å². The number of hydrogen-bond donors (Lipinski definition) is 1. The van der Waals surface area contributed by atoms with Gasteiger partial charge in [0, 0.05) is 22.2 Å². The van der Waals surface area contributed by atoms with Crippen molar-refractivity contribution in [1.82, 2.24) is 20.1 Å². The van der Waals surface area contributed by atoms with Crippen LogP contribution in [0.4, 0.5) is 0 Å². The molecule has 0 bridgehead atoms. The first kappa shape index (κ1) is 20.0. The molecule has 6 heteroatoms. The number of rotatable bonds is 6. The van der Waals surface area contributed by atoms with Crippen LogP contribution in [-0.2, 0) is 11.2 Å². The number of carbonyl (C=O) groups is 1. The fraction of sp³-hybridized carbons (Fsp3) is 0.208. The number of aromatic nitrogens is 3. The maximum Gasteiger partial charge on any atom is 0.226 e. The van der Waals surface area contributed by atoms with Crippen LogP contribution >= 0.6 is 11.3 Å². The molecule has 0 aliphatic rings. The molecule has 0 saturated heterocycles. The Bertz CT molecular complexity index is 1150. The standard InChI is InChI=1S/C24H24N4OS/c1-16-9-11-19(12-10-16)24-27-20(15-30-24)13-23(29)26-17(2)22-14-25-28(18(22)3)21-7-5-4-6-8-21/h4-12,14-15,17H,13H2,1-3H3,(H,26,29). The van der Waals surface area contributed by atoms with E-state index in [1.54, 1.807) is 11.3 Å². The first-order valence-electron chi connectivity index (χ1n) is 9.92. The van der Waals surface area contributed by atoms with Crippen molar-refractivity contribution in [2.45, 2.75) is 33.2 Å². The van der Waals surface area contributed by atoms with E-state index < -0.39 is 0 Å². The molecule has 5 nitrogen and oxygen atoms in total. The first-order chi connectivity index (χ1) is 14.5. The third-order valence-electron chi connectivity index (χ3n) is 5.08. The van der Waals surface area contributed by atoms with Gasteiger partial charge in [0.2, 0.25) is 5.91 Å². The quantitative estimate of drug-likeness (QED) is 0.479. The highest BCUT2D eigenvalue weighted by atomic mass is 32.1. The molecule has 4 rings (SSSR count). The highest BCUT2D eigenvalue weighted by molar-refractivity contribution is 7.13. The summed E-state index contributed by atoms with van der Waals surface area (Å²) in [5.74, 6) is -0.0462. The van der Waals surface area contributed by atoms with Gasteiger partial charge in [-0.05, 0) is 32.9 Å². The maximum absolute atomic E-state index is 12.6. The second-order valence-electron chi connectivity index (χ2n) is 7.41. The van der Waals surface area contributed by atoms with Crippen LogP contribution in [0.15, 0.2) is 66.2 Å². The SMILES string of the molecule is Cc1ccc(-c2nc(CC(=O)NC(C)c3cnn(-c4ccccc4)c3C)cs2)cc1. The van der Waals surface area contributed by atoms with Gasteiger partial charge in [-0.15, -0.1) is 11.3 Å². The van der Waals surface area contributed by atoms with Crippen LogP contribution in [0.5, 0.6) is 0 Å². The van der Waals surface area contributed by atoms with E-state index in [1.165, 1.54) is 5.56 Å². The van der Waals surface area contributed by atoms with Crippen molar-refractivity contribution in [3.63, 3.8) is 0 Å². The van der Waals surface area contributed by atoms with Crippen LogP contribution in [0.25, 0.3) is 16.3 Å². The lowest BCUT2D eigenvalue weighted by Crippen LogP contribution is -2.28. The predicted molar refractivity (Wildman–Crippen MR) is 121 cm³/mol. The minimum Gasteiger partial charge on any atom is -0.349 e. The molecule has 1 unspecified atom stereocenters. The Morgan fingerprint density at radius 3 is 2.57 bits per heavy atom. The summed E-state index contributed by atoms with van der Waals surface area (Å²) in [6.45, 7) is 6.07. The first-order valence-corrected chi connectivity index (χ1v) is 10.8. The third kappa shape index (κ3) is 4.33. The van der Waals surface area contributed by atoms with Gasteiger partial charge < -0.3 is 5.32 Å². The third-order valence-corrected chi connectivity index (χ3v) is 6.02. The topological polar surface area (TPSA) is 59.8 Å². The molecule has 1 N–H and O–H groups in total. The number of aryl methyl sites for hydroxylation is 1. The second kappa shape index (κ2) is 8.63. The van der Waals surface area contributed by atoms with Crippen LogP contribution in [-0.4, -0.2) is 20.7 Å². The Kier molecular flexibility index (Phi) is 5.77. The van der Waals surface area contributed by atoms with E-state index in [0.717, 1.165) is 33.2 Å². The summed E-state index contributed by atoms with van der Waals surface area (Å²) < 4.78 is 1.90. The number of para-hydroxylation sites is 1. The van der Waals surface area contributed by atoms with Gasteiger partial charge in [-0.2, -0.15) is 5.10 Å². The Morgan fingerprint density at radius 2 is 1.83 bits per heavy atom. The molecule has 1 atom stereocenters. The van der Waals surface area contributed by atoms with Gasteiger partial charge in [-0.3, -0.25) is 4.79 Å². The summed E-state index contributed by atoms with van der Waals surface area (Å²) in [5, 5.41) is 10.5. The van der Waals surface area contributed by atoms with Crippen molar-refractivity contribution in [1.29, 1.82) is 0 Å². The fourth-order valence-electron chi connectivity index (χ4n) is 3.43. The predicted octanol–water partition coefficient (Wildman–Crippen LogP) is 5.03. The number of nitrogens with zero attached hydrogens (tertiary/aromatic N) is 3. The lowest BCUT2D eigenvalue weighted by atomic mass is 10.1. The number of carbonyl (C=O) groups excluding carboxylic acids is 1. The van der Waals surface area contributed by atoms with Crippen molar-refractivity contribution in [3.8, 4) is 16.3 Å². The van der Waals surface area contributed by atoms with Gasteiger partial charge in [0.25, 0.3) is 0 Å². The summed E-state index contributed by atoms with van der Waals surface area (Å²) in [7, 11) is 0. The van der Waals surface area contributed by atoms with Crippen molar-refractivity contribution < 1.29 is 4.79 Å². The highest BCUT2D eigenvalue weighted by Gasteiger charge is 2.17. The Hall–Kier alpha value is -3.25. The molecule has 2 aromatic carbocycles. The van der Waals surface area contributed by atoms with Crippen LogP contribution in [0.3, 0.4) is 0 Å². The van der Waals surface area contributed by atoms with E-state index in [2.05, 4.69) is 46.6 Å². The Labute approximate surface area is 180 Å². The summed E-state index contributed by atoms with van der Waals surface area (Å²) in [6.07, 6.45) is 2.09. The normalized spacial score (nSPS) is 12.0. The molecule has 2 aromatic heterocycles. The summed E-state index contributed by atoms with van der Waals surface area (Å²) in [4.78, 5) is 17.2. The highest BCUT2D eigenvalue weighted by Crippen LogP contribution is 2.25. The molecule has 0 aliphatic heterocycles. The molecular formula is C24H24N4OS. The molecular weight excluding hydrogens is 392 g/mol. The largest absolute Gasteiger partial charge is 0.349 e. The molecule has 0 spiro atoms. The van der Waals surface area contributed by atoms with Gasteiger partial charge in [-0.1, -0.05) is 48.0 Å². The molecule has 1 amide bonds. The number of benzene rings is 2. The number of nitrogens with one attached hydrogen (secondary N) is 1. The summed E-state index contributed by atoms with van der Waals surface area (Å²) in [6, 6.07) is 18.1. The van der Waals surface area contributed by atoms with Gasteiger partial charge in [0.05, 0.1) is 30.0 Å². The van der Waals surface area contributed by atoms with E-state index in [9.17, 15) is 4.79 Å². The van der Waals surface area contributed by atoms with Gasteiger partial charge in [0.1, 0.15) is 5.01 Å². The molecule has 4 aromatic rings. The lowest BCUT2D eigenvalue weighted by molar-refractivity contribution is -0.121. The molecule has 0 radical (unpaired) electrons. The van der Waals surface area contributed by atoms with E-state index in [-0.39, 0.29) is 18.4 Å². The molecule has 0 saturated carbocycles. The zero-order chi connectivity index (χ0) is 21.1. The summed E-state index contributed by atoms with van der Waals surface area (Å²) >= 11 is 1.56. The fourth-order valence-corrected chi connectivity index (χ4v) is 4.25. The van der Waals surface area contributed by atoms with Crippen LogP contribution < -0.4 is 5.32 Å². The smallest absolute Gasteiger partial charge is 0.226 e. The lowest BCUT2D eigenvalue weighted by Gasteiger charge is -2.14. The van der Waals surface area contributed by atoms with Crippen LogP contribution in [0.1, 0.15) is 35.5 Å². The molecule has 2 heterocycles. The monoisotopic (exact) mass is 416 g/mol. The van der Waals surface area contributed by atoms with Crippen molar-refractivity contribution in [2.24, 2.45) is 0 Å². The zero-order valence-corrected chi connectivity index (χ0v) is 18.1. The minimum absolute atomic E-state index is 0.0462. The van der Waals surface area contributed by atoms with Crippen LogP contribution in [0, 0.1) is 13.8 Å². The molecule has 30 heavy (non-hydrogen) atoms. The second-order valence-corrected chi connectivity index (χ2v) is 8.27. The van der Waals surface area contributed by atoms with E-state index in [4.69, 9.17) is 0 Å². The number of thiazole rings is 1. The molecule has 0 aliphatic carbocycles. The summed E-state index contributed by atoms with van der Waals surface area (Å²) in [5.41, 5.74) is 6.11. The maximum atomic E-state index is 12.6. The minimum atomic E-state index is -0.134. The van der Waals surface area contributed by atoms with E-state index in [0.29, 0.717) is 0 Å². The number of amides is 1. The Morgan fingerprint density at radius 1 is 1.10 bits per heavy atom. The molecule has 0 fully saturated rings. The Balaban J connectivity index is 1.41. The van der Waals surface area contributed by atoms with E-state index in [1.807, 2.05) is 60.4 Å². The molecule has 152 valence electrons. The van der Waals surface area contributed by atoms with Crippen molar-refractivity contribution in [3.05, 3.63) is 88.7 Å². The van der Waals surface area contributed by atoms with E-state index >= 15 is 0 Å². The average Bonchev–Trinajstić information content (AvgIpc) is 3.36. The van der Waals surface area contributed by atoms with Crippen molar-refractivity contribution >= 4 is 17.2 Å². The van der Waals surface area contributed by atoms with Gasteiger partial charge >= 0.3 is 0 Å². The number of hydrogen-bond acceptors (Lipinski definition) is 4. The van der Waals surface area contributed by atoms with Gasteiger partial charge in [-0.25, -0.2) is 9.67 Å². The average molecular weight is 417 g/mol.